The molecule has 0 saturated carbocycles. The van der Waals surface area contributed by atoms with Gasteiger partial charge in [-0.2, -0.15) is 17.0 Å². The highest BCUT2D eigenvalue weighted by Crippen LogP contribution is 2.16. The lowest BCUT2D eigenvalue weighted by Gasteiger charge is -2.36. The maximum absolute atomic E-state index is 12.4. The summed E-state index contributed by atoms with van der Waals surface area (Å²) in [7, 11) is -3.54. The molecular formula is C10H18N2O6S. The van der Waals surface area contributed by atoms with Crippen LogP contribution in [0, 0.1) is 0 Å². The van der Waals surface area contributed by atoms with E-state index in [4.69, 9.17) is 14.6 Å². The molecule has 9 heteroatoms. The van der Waals surface area contributed by atoms with Crippen molar-refractivity contribution >= 4 is 16.2 Å². The van der Waals surface area contributed by atoms with E-state index in [1.54, 1.807) is 0 Å². The quantitative estimate of drug-likeness (QED) is 0.695. The molecule has 2 rings (SSSR count). The minimum absolute atomic E-state index is 0.0893. The third-order valence-electron chi connectivity index (χ3n) is 3.13. The standard InChI is InChI=1S/C10H18N2O6S/c13-10(14)7-9-8-12(3-6-18-9)19(15,16)11-1-4-17-5-2-11/h9H,1-8H2,(H,13,14). The summed E-state index contributed by atoms with van der Waals surface area (Å²) in [6, 6.07) is 0. The van der Waals surface area contributed by atoms with E-state index in [1.165, 1.54) is 8.61 Å². The molecule has 0 radical (unpaired) electrons. The molecule has 0 amide bonds. The fraction of sp³-hybridized carbons (Fsp3) is 0.900. The summed E-state index contributed by atoms with van der Waals surface area (Å²) in [4.78, 5) is 10.7. The molecule has 0 aromatic heterocycles. The van der Waals surface area contributed by atoms with Crippen molar-refractivity contribution in [3.8, 4) is 0 Å². The van der Waals surface area contributed by atoms with E-state index in [9.17, 15) is 13.2 Å². The molecule has 2 heterocycles. The van der Waals surface area contributed by atoms with Gasteiger partial charge in [0.2, 0.25) is 0 Å². The first-order valence-electron chi connectivity index (χ1n) is 6.16. The van der Waals surface area contributed by atoms with Crippen LogP contribution in [0.1, 0.15) is 6.42 Å². The van der Waals surface area contributed by atoms with Gasteiger partial charge >= 0.3 is 5.97 Å². The van der Waals surface area contributed by atoms with Gasteiger partial charge in [0.25, 0.3) is 10.2 Å². The topological polar surface area (TPSA) is 96.4 Å². The van der Waals surface area contributed by atoms with Gasteiger partial charge in [0.05, 0.1) is 32.3 Å². The Morgan fingerprint density at radius 3 is 2.42 bits per heavy atom. The number of hydrogen-bond donors (Lipinski definition) is 1. The molecule has 2 saturated heterocycles. The Labute approximate surface area is 112 Å². The summed E-state index contributed by atoms with van der Waals surface area (Å²) in [6.45, 7) is 2.03. The van der Waals surface area contributed by atoms with Gasteiger partial charge in [-0.1, -0.05) is 0 Å². The van der Waals surface area contributed by atoms with Gasteiger partial charge < -0.3 is 14.6 Å². The van der Waals surface area contributed by atoms with Crippen LogP contribution >= 0.6 is 0 Å². The molecule has 8 nitrogen and oxygen atoms in total. The van der Waals surface area contributed by atoms with Gasteiger partial charge in [-0.25, -0.2) is 0 Å². The van der Waals surface area contributed by atoms with Crippen LogP contribution in [0.4, 0.5) is 0 Å². The Hall–Kier alpha value is -0.740. The van der Waals surface area contributed by atoms with Crippen LogP contribution in [-0.2, 0) is 24.5 Å². The summed E-state index contributed by atoms with van der Waals surface area (Å²) in [5, 5.41) is 8.73. The fourth-order valence-electron chi connectivity index (χ4n) is 2.16. The van der Waals surface area contributed by atoms with Crippen molar-refractivity contribution in [2.45, 2.75) is 12.5 Å². The maximum atomic E-state index is 12.4. The normalized spacial score (nSPS) is 27.3. The van der Waals surface area contributed by atoms with Crippen molar-refractivity contribution in [2.24, 2.45) is 0 Å². The minimum atomic E-state index is -3.54. The monoisotopic (exact) mass is 294 g/mol. The van der Waals surface area contributed by atoms with E-state index in [0.717, 1.165) is 0 Å². The number of carbonyl (C=O) groups is 1. The molecule has 1 unspecified atom stereocenters. The molecule has 0 spiro atoms. The highest BCUT2D eigenvalue weighted by Gasteiger charge is 2.35. The second-order valence-corrected chi connectivity index (χ2v) is 6.40. The number of carboxylic acid groups (broad SMARTS) is 1. The highest BCUT2D eigenvalue weighted by atomic mass is 32.2. The van der Waals surface area contributed by atoms with Crippen LogP contribution in [0.2, 0.25) is 0 Å². The first-order valence-corrected chi connectivity index (χ1v) is 7.56. The molecule has 0 aliphatic carbocycles. The number of ether oxygens (including phenoxy) is 2. The lowest BCUT2D eigenvalue weighted by molar-refractivity contribution is -0.141. The summed E-state index contributed by atoms with van der Waals surface area (Å²) in [5.74, 6) is -0.990. The Balaban J connectivity index is 2.00. The molecule has 110 valence electrons. The van der Waals surface area contributed by atoms with Crippen molar-refractivity contribution in [3.63, 3.8) is 0 Å². The fourth-order valence-corrected chi connectivity index (χ4v) is 3.76. The van der Waals surface area contributed by atoms with Crippen molar-refractivity contribution < 1.29 is 27.8 Å². The van der Waals surface area contributed by atoms with Gasteiger partial charge in [0.1, 0.15) is 0 Å². The molecule has 0 aromatic carbocycles. The second kappa shape index (κ2) is 6.14. The van der Waals surface area contributed by atoms with E-state index in [1.807, 2.05) is 0 Å². The zero-order chi connectivity index (χ0) is 13.9. The molecule has 2 fully saturated rings. The van der Waals surface area contributed by atoms with E-state index in [-0.39, 0.29) is 26.1 Å². The molecule has 1 N–H and O–H groups in total. The molecule has 2 aliphatic rings. The van der Waals surface area contributed by atoms with Crippen molar-refractivity contribution in [1.29, 1.82) is 0 Å². The molecule has 1 atom stereocenters. The van der Waals surface area contributed by atoms with Crippen LogP contribution in [-0.4, -0.2) is 80.2 Å². The van der Waals surface area contributed by atoms with E-state index in [2.05, 4.69) is 0 Å². The summed E-state index contributed by atoms with van der Waals surface area (Å²) < 4.78 is 37.8. The largest absolute Gasteiger partial charge is 0.481 e. The molecular weight excluding hydrogens is 276 g/mol. The number of aliphatic carboxylic acids is 1. The smallest absolute Gasteiger partial charge is 0.306 e. The summed E-state index contributed by atoms with van der Waals surface area (Å²) >= 11 is 0. The lowest BCUT2D eigenvalue weighted by Crippen LogP contribution is -2.53. The predicted molar refractivity (Wildman–Crippen MR) is 64.9 cm³/mol. The third-order valence-corrected chi connectivity index (χ3v) is 5.13. The van der Waals surface area contributed by atoms with Gasteiger partial charge in [-0.05, 0) is 0 Å². The number of carboxylic acids is 1. The van der Waals surface area contributed by atoms with Crippen LogP contribution in [0.3, 0.4) is 0 Å². The van der Waals surface area contributed by atoms with Crippen molar-refractivity contribution in [3.05, 3.63) is 0 Å². The van der Waals surface area contributed by atoms with Crippen molar-refractivity contribution in [1.82, 2.24) is 8.61 Å². The Morgan fingerprint density at radius 2 is 1.79 bits per heavy atom. The van der Waals surface area contributed by atoms with E-state index in [0.29, 0.717) is 26.3 Å². The summed E-state index contributed by atoms with van der Waals surface area (Å²) in [6.07, 6.45) is -0.767. The van der Waals surface area contributed by atoms with E-state index >= 15 is 0 Å². The Kier molecular flexibility index (Phi) is 4.74. The maximum Gasteiger partial charge on any atom is 0.306 e. The number of rotatable bonds is 4. The molecule has 0 bridgehead atoms. The van der Waals surface area contributed by atoms with Crippen LogP contribution in [0.5, 0.6) is 0 Å². The van der Waals surface area contributed by atoms with E-state index < -0.39 is 22.3 Å². The summed E-state index contributed by atoms with van der Waals surface area (Å²) in [5.41, 5.74) is 0. The first kappa shape index (κ1) is 14.7. The van der Waals surface area contributed by atoms with Gasteiger partial charge in [0.15, 0.2) is 0 Å². The number of hydrogen-bond acceptors (Lipinski definition) is 5. The number of morpholine rings is 2. The second-order valence-electron chi connectivity index (χ2n) is 4.47. The Bertz CT molecular complexity index is 420. The van der Waals surface area contributed by atoms with Gasteiger partial charge in [-0.15, -0.1) is 0 Å². The van der Waals surface area contributed by atoms with Crippen LogP contribution in [0.25, 0.3) is 0 Å². The van der Waals surface area contributed by atoms with Gasteiger partial charge in [-0.3, -0.25) is 4.79 Å². The lowest BCUT2D eigenvalue weighted by atomic mass is 10.2. The third kappa shape index (κ3) is 3.63. The zero-order valence-electron chi connectivity index (χ0n) is 10.5. The highest BCUT2D eigenvalue weighted by molar-refractivity contribution is 7.86. The number of nitrogens with zero attached hydrogens (tertiary/aromatic N) is 2. The molecule has 2 aliphatic heterocycles. The molecule has 0 aromatic rings. The predicted octanol–water partition coefficient (Wildman–Crippen LogP) is -1.26. The Morgan fingerprint density at radius 1 is 1.16 bits per heavy atom. The average Bonchev–Trinajstić information content (AvgIpc) is 2.39. The van der Waals surface area contributed by atoms with Crippen LogP contribution < -0.4 is 0 Å². The first-order chi connectivity index (χ1) is 9.00. The van der Waals surface area contributed by atoms with Crippen molar-refractivity contribution in [2.75, 3.05) is 46.0 Å². The zero-order valence-corrected chi connectivity index (χ0v) is 11.3. The molecule has 19 heavy (non-hydrogen) atoms. The minimum Gasteiger partial charge on any atom is -0.481 e. The average molecular weight is 294 g/mol. The van der Waals surface area contributed by atoms with Gasteiger partial charge in [0, 0.05) is 26.2 Å². The van der Waals surface area contributed by atoms with Crippen LogP contribution in [0.15, 0.2) is 0 Å². The SMILES string of the molecule is O=C(O)CC1CN(S(=O)(=O)N2CCOCC2)CCO1.